The molecular formula is C14H22BrN3O. The summed E-state index contributed by atoms with van der Waals surface area (Å²) < 4.78 is 2.97. The fourth-order valence-electron chi connectivity index (χ4n) is 2.87. The lowest BCUT2D eigenvalue weighted by molar-refractivity contribution is 0.0771. The molecule has 1 amide bonds. The van der Waals surface area contributed by atoms with Crippen LogP contribution in [0.4, 0.5) is 0 Å². The van der Waals surface area contributed by atoms with Gasteiger partial charge in [-0.15, -0.1) is 0 Å². The molecule has 0 saturated carbocycles. The van der Waals surface area contributed by atoms with E-state index in [1.54, 1.807) is 0 Å². The maximum absolute atomic E-state index is 12.6. The van der Waals surface area contributed by atoms with Gasteiger partial charge >= 0.3 is 0 Å². The van der Waals surface area contributed by atoms with Crippen molar-refractivity contribution in [1.82, 2.24) is 14.4 Å². The van der Waals surface area contributed by atoms with Crippen molar-refractivity contribution in [2.24, 2.45) is 5.92 Å². The van der Waals surface area contributed by atoms with Crippen LogP contribution in [-0.2, 0) is 6.54 Å². The van der Waals surface area contributed by atoms with Crippen molar-refractivity contribution in [3.63, 3.8) is 0 Å². The molecule has 2 atom stereocenters. The molecule has 1 aromatic heterocycles. The minimum Gasteiger partial charge on any atom is -0.343 e. The Kier molecular flexibility index (Phi) is 4.36. The van der Waals surface area contributed by atoms with Crippen LogP contribution in [0, 0.1) is 5.92 Å². The summed E-state index contributed by atoms with van der Waals surface area (Å²) >= 11 is 3.45. The Balaban J connectivity index is 2.17. The monoisotopic (exact) mass is 327 g/mol. The zero-order chi connectivity index (χ0) is 14.2. The Morgan fingerprint density at radius 1 is 1.47 bits per heavy atom. The van der Waals surface area contributed by atoms with Crippen molar-refractivity contribution in [3.8, 4) is 0 Å². The fourth-order valence-corrected chi connectivity index (χ4v) is 3.33. The molecule has 0 bridgehead atoms. The van der Waals surface area contributed by atoms with Crippen molar-refractivity contribution < 1.29 is 4.79 Å². The smallest absolute Gasteiger partial charge is 0.270 e. The molecule has 1 aromatic rings. The first-order chi connectivity index (χ1) is 8.93. The molecule has 1 saturated heterocycles. The van der Waals surface area contributed by atoms with Gasteiger partial charge in [0.15, 0.2) is 0 Å². The molecule has 0 aliphatic carbocycles. The van der Waals surface area contributed by atoms with Crippen LogP contribution in [0.1, 0.15) is 24.3 Å². The molecule has 1 fully saturated rings. The van der Waals surface area contributed by atoms with Gasteiger partial charge in [0.05, 0.1) is 0 Å². The number of hydrogen-bond donors (Lipinski definition) is 0. The second kappa shape index (κ2) is 5.67. The van der Waals surface area contributed by atoms with E-state index in [2.05, 4.69) is 48.8 Å². The van der Waals surface area contributed by atoms with Crippen LogP contribution in [0.25, 0.3) is 0 Å². The van der Waals surface area contributed by atoms with Crippen LogP contribution < -0.4 is 0 Å². The van der Waals surface area contributed by atoms with Crippen LogP contribution in [0.5, 0.6) is 0 Å². The first-order valence-electron chi connectivity index (χ1n) is 6.75. The van der Waals surface area contributed by atoms with E-state index in [1.165, 1.54) is 0 Å². The van der Waals surface area contributed by atoms with E-state index >= 15 is 0 Å². The minimum atomic E-state index is 0.142. The molecule has 19 heavy (non-hydrogen) atoms. The molecular weight excluding hydrogens is 306 g/mol. The quantitative estimate of drug-likeness (QED) is 0.852. The van der Waals surface area contributed by atoms with Crippen LogP contribution in [-0.4, -0.2) is 53.5 Å². The van der Waals surface area contributed by atoms with Crippen molar-refractivity contribution in [2.75, 3.05) is 27.2 Å². The zero-order valence-electron chi connectivity index (χ0n) is 12.1. The SMILES string of the molecule is CCn1cc(Br)cc1C(=O)N1C[C@H](C)[C@@H](N(C)C)C1. The average Bonchev–Trinajstić information content (AvgIpc) is 2.91. The third kappa shape index (κ3) is 2.87. The lowest BCUT2D eigenvalue weighted by Crippen LogP contribution is -2.36. The summed E-state index contributed by atoms with van der Waals surface area (Å²) in [7, 11) is 4.17. The number of likely N-dealkylation sites (N-methyl/N-ethyl adjacent to an activating group) is 1. The molecule has 2 rings (SSSR count). The number of aromatic nitrogens is 1. The number of nitrogens with zero attached hydrogens (tertiary/aromatic N) is 3. The van der Waals surface area contributed by atoms with E-state index in [0.29, 0.717) is 12.0 Å². The Morgan fingerprint density at radius 3 is 2.68 bits per heavy atom. The van der Waals surface area contributed by atoms with E-state index in [1.807, 2.05) is 21.7 Å². The van der Waals surface area contributed by atoms with Crippen molar-refractivity contribution in [1.29, 1.82) is 0 Å². The van der Waals surface area contributed by atoms with E-state index in [4.69, 9.17) is 0 Å². The Bertz CT molecular complexity index is 469. The zero-order valence-corrected chi connectivity index (χ0v) is 13.6. The van der Waals surface area contributed by atoms with Crippen molar-refractivity contribution in [2.45, 2.75) is 26.4 Å². The molecule has 0 aromatic carbocycles. The molecule has 5 heteroatoms. The first-order valence-corrected chi connectivity index (χ1v) is 7.54. The largest absolute Gasteiger partial charge is 0.343 e. The second-order valence-corrected chi connectivity index (χ2v) is 6.46. The van der Waals surface area contributed by atoms with Crippen molar-refractivity contribution >= 4 is 21.8 Å². The van der Waals surface area contributed by atoms with Crippen LogP contribution in [0.15, 0.2) is 16.7 Å². The molecule has 1 aliphatic rings. The Morgan fingerprint density at radius 2 is 2.16 bits per heavy atom. The molecule has 0 unspecified atom stereocenters. The van der Waals surface area contributed by atoms with Gasteiger partial charge in [0.25, 0.3) is 5.91 Å². The van der Waals surface area contributed by atoms with Gasteiger partial charge < -0.3 is 14.4 Å². The lowest BCUT2D eigenvalue weighted by atomic mass is 10.1. The number of hydrogen-bond acceptors (Lipinski definition) is 2. The summed E-state index contributed by atoms with van der Waals surface area (Å²) in [5.41, 5.74) is 0.779. The predicted molar refractivity (Wildman–Crippen MR) is 80.3 cm³/mol. The van der Waals surface area contributed by atoms with Gasteiger partial charge in [0, 0.05) is 36.3 Å². The van der Waals surface area contributed by atoms with Gasteiger partial charge in [-0.25, -0.2) is 0 Å². The number of carbonyl (C=O) groups excluding carboxylic acids is 1. The highest BCUT2D eigenvalue weighted by Crippen LogP contribution is 2.23. The molecule has 106 valence electrons. The molecule has 1 aliphatic heterocycles. The number of halogens is 1. The summed E-state index contributed by atoms with van der Waals surface area (Å²) in [6.45, 7) is 6.74. The van der Waals surface area contributed by atoms with Gasteiger partial charge in [-0.1, -0.05) is 6.92 Å². The molecule has 0 radical (unpaired) electrons. The Labute approximate surface area is 123 Å². The first kappa shape index (κ1) is 14.6. The number of aryl methyl sites for hydroxylation is 1. The molecule has 4 nitrogen and oxygen atoms in total. The van der Waals surface area contributed by atoms with E-state index in [0.717, 1.165) is 29.8 Å². The van der Waals surface area contributed by atoms with Gasteiger partial charge in [-0.05, 0) is 48.9 Å². The van der Waals surface area contributed by atoms with Gasteiger partial charge in [0.2, 0.25) is 0 Å². The third-order valence-corrected chi connectivity index (χ3v) is 4.38. The summed E-state index contributed by atoms with van der Waals surface area (Å²) in [5.74, 6) is 0.663. The Hall–Kier alpha value is -0.810. The highest BCUT2D eigenvalue weighted by Gasteiger charge is 2.34. The van der Waals surface area contributed by atoms with Gasteiger partial charge in [-0.2, -0.15) is 0 Å². The second-order valence-electron chi connectivity index (χ2n) is 5.55. The number of likely N-dealkylation sites (tertiary alicyclic amines) is 1. The highest BCUT2D eigenvalue weighted by molar-refractivity contribution is 9.10. The lowest BCUT2D eigenvalue weighted by Gasteiger charge is -2.22. The maximum atomic E-state index is 12.6. The van der Waals surface area contributed by atoms with E-state index < -0.39 is 0 Å². The molecule has 0 N–H and O–H groups in total. The fraction of sp³-hybridized carbons (Fsp3) is 0.643. The van der Waals surface area contributed by atoms with Gasteiger partial charge in [-0.3, -0.25) is 4.79 Å². The number of amides is 1. The summed E-state index contributed by atoms with van der Waals surface area (Å²) in [6, 6.07) is 2.37. The maximum Gasteiger partial charge on any atom is 0.270 e. The third-order valence-electron chi connectivity index (χ3n) is 3.95. The minimum absolute atomic E-state index is 0.142. The van der Waals surface area contributed by atoms with Gasteiger partial charge in [0.1, 0.15) is 5.69 Å². The highest BCUT2D eigenvalue weighted by atomic mass is 79.9. The average molecular weight is 328 g/mol. The molecule has 0 spiro atoms. The topological polar surface area (TPSA) is 28.5 Å². The predicted octanol–water partition coefficient (Wildman–Crippen LogP) is 2.29. The van der Waals surface area contributed by atoms with E-state index in [-0.39, 0.29) is 5.91 Å². The van der Waals surface area contributed by atoms with Crippen molar-refractivity contribution in [3.05, 3.63) is 22.4 Å². The van der Waals surface area contributed by atoms with Crippen LogP contribution in [0.2, 0.25) is 0 Å². The standard InChI is InChI=1S/C14H22BrN3O/c1-5-17-8-11(15)6-12(17)14(19)18-7-10(2)13(9-18)16(3)4/h6,8,10,13H,5,7,9H2,1-4H3/t10-,13-/m0/s1. The summed E-state index contributed by atoms with van der Waals surface area (Å²) in [6.07, 6.45) is 1.97. The normalized spacial score (nSPS) is 23.4. The molecule has 2 heterocycles. The van der Waals surface area contributed by atoms with E-state index in [9.17, 15) is 4.79 Å². The number of rotatable bonds is 3. The summed E-state index contributed by atoms with van der Waals surface area (Å²) in [5, 5.41) is 0. The summed E-state index contributed by atoms with van der Waals surface area (Å²) in [4.78, 5) is 16.8. The van der Waals surface area contributed by atoms with Crippen LogP contribution >= 0.6 is 15.9 Å². The van der Waals surface area contributed by atoms with Crippen LogP contribution in [0.3, 0.4) is 0 Å². The number of carbonyl (C=O) groups is 1.